The molecule has 0 unspecified atom stereocenters. The minimum Gasteiger partial charge on any atom is -0.323 e. The lowest BCUT2D eigenvalue weighted by Crippen LogP contribution is -2.11. The number of nitrogens with zero attached hydrogens (tertiary/aromatic N) is 3. The fraction of sp³-hybridized carbons (Fsp3) is 0.0870. The molecule has 0 aliphatic heterocycles. The molecule has 6 nitrogen and oxygen atoms in total. The van der Waals surface area contributed by atoms with Crippen molar-refractivity contribution in [2.24, 2.45) is 7.05 Å². The second-order valence-electron chi connectivity index (χ2n) is 7.27. The van der Waals surface area contributed by atoms with Gasteiger partial charge in [0.05, 0.1) is 37.7 Å². The second-order valence-corrected chi connectivity index (χ2v) is 8.09. The van der Waals surface area contributed by atoms with Crippen molar-refractivity contribution < 1.29 is 0 Å². The van der Waals surface area contributed by atoms with Gasteiger partial charge in [-0.05, 0) is 36.8 Å². The number of benzene rings is 3. The Morgan fingerprint density at radius 2 is 1.65 bits per heavy atom. The molecule has 0 amide bonds. The van der Waals surface area contributed by atoms with Crippen molar-refractivity contribution in [2.75, 3.05) is 5.32 Å². The third-order valence-corrected chi connectivity index (χ3v) is 5.94. The average Bonchev–Trinajstić information content (AvgIpc) is 3.06. The van der Waals surface area contributed by atoms with Gasteiger partial charge < -0.3 is 14.9 Å². The van der Waals surface area contributed by atoms with Crippen molar-refractivity contribution in [3.8, 4) is 11.4 Å². The summed E-state index contributed by atoms with van der Waals surface area (Å²) in [4.78, 5) is 25.4. The van der Waals surface area contributed by atoms with E-state index in [2.05, 4.69) is 15.3 Å². The van der Waals surface area contributed by atoms with Crippen LogP contribution >= 0.6 is 23.2 Å². The van der Waals surface area contributed by atoms with E-state index in [0.29, 0.717) is 49.4 Å². The van der Waals surface area contributed by atoms with Crippen LogP contribution < -0.4 is 10.9 Å². The molecule has 0 aliphatic carbocycles. The first-order valence-corrected chi connectivity index (χ1v) is 10.4. The molecule has 5 rings (SSSR count). The van der Waals surface area contributed by atoms with Crippen molar-refractivity contribution in [1.29, 1.82) is 0 Å². The van der Waals surface area contributed by atoms with Gasteiger partial charge in [-0.1, -0.05) is 53.5 Å². The van der Waals surface area contributed by atoms with Gasteiger partial charge in [-0.25, -0.2) is 9.97 Å². The first-order chi connectivity index (χ1) is 14.9. The van der Waals surface area contributed by atoms with Gasteiger partial charge in [-0.3, -0.25) is 4.79 Å². The summed E-state index contributed by atoms with van der Waals surface area (Å²) < 4.78 is 1.81. The number of imidazole rings is 1. The lowest BCUT2D eigenvalue weighted by Gasteiger charge is -2.10. The summed E-state index contributed by atoms with van der Waals surface area (Å²) in [5.41, 5.74) is 4.20. The van der Waals surface area contributed by atoms with Gasteiger partial charge >= 0.3 is 0 Å². The summed E-state index contributed by atoms with van der Waals surface area (Å²) in [6, 6.07) is 16.7. The Kier molecular flexibility index (Phi) is 4.68. The fourth-order valence-electron chi connectivity index (χ4n) is 3.74. The average molecular weight is 450 g/mol. The number of anilines is 2. The number of H-pyrrole nitrogens is 1. The van der Waals surface area contributed by atoms with Gasteiger partial charge in [-0.2, -0.15) is 0 Å². The summed E-state index contributed by atoms with van der Waals surface area (Å²) in [6.07, 6.45) is 0. The van der Waals surface area contributed by atoms with E-state index < -0.39 is 0 Å². The van der Waals surface area contributed by atoms with E-state index in [1.807, 2.05) is 54.9 Å². The maximum Gasteiger partial charge on any atom is 0.261 e. The van der Waals surface area contributed by atoms with Gasteiger partial charge in [-0.15, -0.1) is 0 Å². The highest BCUT2D eigenvalue weighted by molar-refractivity contribution is 6.39. The van der Waals surface area contributed by atoms with Gasteiger partial charge in [0.25, 0.3) is 5.56 Å². The van der Waals surface area contributed by atoms with Crippen LogP contribution in [0.4, 0.5) is 11.6 Å². The number of nitrogens with one attached hydrogen (secondary N) is 2. The molecule has 0 saturated carbocycles. The predicted molar refractivity (Wildman–Crippen MR) is 127 cm³/mol. The van der Waals surface area contributed by atoms with E-state index in [9.17, 15) is 4.79 Å². The Morgan fingerprint density at radius 1 is 0.935 bits per heavy atom. The van der Waals surface area contributed by atoms with Crippen LogP contribution in [-0.2, 0) is 7.05 Å². The SMILES string of the molecule is Cc1ccccc1-c1nc2ccc3nc(Nc4c(Cl)cccc4Cl)n(C)c3c2c(=O)[nH]1. The molecule has 31 heavy (non-hydrogen) atoms. The molecule has 5 aromatic rings. The van der Waals surface area contributed by atoms with Gasteiger partial charge in [0.15, 0.2) is 0 Å². The zero-order valence-corrected chi connectivity index (χ0v) is 18.2. The first kappa shape index (κ1) is 19.6. The maximum absolute atomic E-state index is 13.1. The Balaban J connectivity index is 1.70. The van der Waals surface area contributed by atoms with E-state index in [0.717, 1.165) is 11.1 Å². The third-order valence-electron chi connectivity index (χ3n) is 5.31. The summed E-state index contributed by atoms with van der Waals surface area (Å²) in [5, 5.41) is 4.61. The van der Waals surface area contributed by atoms with E-state index in [4.69, 9.17) is 28.2 Å². The number of aromatic nitrogens is 4. The third kappa shape index (κ3) is 3.24. The van der Waals surface area contributed by atoms with E-state index in [-0.39, 0.29) is 5.56 Å². The molecule has 0 atom stereocenters. The second kappa shape index (κ2) is 7.41. The van der Waals surface area contributed by atoms with Crippen molar-refractivity contribution in [1.82, 2.24) is 19.5 Å². The maximum atomic E-state index is 13.1. The summed E-state index contributed by atoms with van der Waals surface area (Å²) in [5.74, 6) is 1.05. The molecule has 3 aromatic carbocycles. The lowest BCUT2D eigenvalue weighted by molar-refractivity contribution is 0.960. The topological polar surface area (TPSA) is 75.6 Å². The largest absolute Gasteiger partial charge is 0.323 e. The molecule has 0 saturated heterocycles. The van der Waals surface area contributed by atoms with Crippen LogP contribution in [0.3, 0.4) is 0 Å². The molecule has 8 heteroatoms. The number of hydrogen-bond acceptors (Lipinski definition) is 4. The predicted octanol–water partition coefficient (Wildman–Crippen LogP) is 5.84. The number of rotatable bonds is 3. The number of aryl methyl sites for hydroxylation is 2. The van der Waals surface area contributed by atoms with Crippen LogP contribution in [0, 0.1) is 6.92 Å². The zero-order valence-electron chi connectivity index (χ0n) is 16.7. The van der Waals surface area contributed by atoms with Crippen molar-refractivity contribution in [2.45, 2.75) is 6.92 Å². The van der Waals surface area contributed by atoms with Crippen LogP contribution in [0.15, 0.2) is 59.4 Å². The van der Waals surface area contributed by atoms with Crippen LogP contribution in [0.25, 0.3) is 33.3 Å². The highest BCUT2D eigenvalue weighted by Crippen LogP contribution is 2.34. The minimum atomic E-state index is -0.223. The van der Waals surface area contributed by atoms with Gasteiger partial charge in [0, 0.05) is 12.6 Å². The van der Waals surface area contributed by atoms with Gasteiger partial charge in [0.1, 0.15) is 5.82 Å². The molecule has 2 heterocycles. The highest BCUT2D eigenvalue weighted by atomic mass is 35.5. The molecular formula is C23H17Cl2N5O. The molecule has 2 N–H and O–H groups in total. The van der Waals surface area contributed by atoms with Crippen LogP contribution in [0.5, 0.6) is 0 Å². The highest BCUT2D eigenvalue weighted by Gasteiger charge is 2.17. The summed E-state index contributed by atoms with van der Waals surface area (Å²) in [6.45, 7) is 1.99. The van der Waals surface area contributed by atoms with E-state index in [1.165, 1.54) is 0 Å². The van der Waals surface area contributed by atoms with Crippen molar-refractivity contribution in [3.63, 3.8) is 0 Å². The van der Waals surface area contributed by atoms with E-state index >= 15 is 0 Å². The van der Waals surface area contributed by atoms with Crippen molar-refractivity contribution in [3.05, 3.63) is 80.6 Å². The van der Waals surface area contributed by atoms with Gasteiger partial charge in [0.2, 0.25) is 5.95 Å². The molecular weight excluding hydrogens is 433 g/mol. The lowest BCUT2D eigenvalue weighted by atomic mass is 10.1. The standard InChI is InChI=1S/C23H17Cl2N5O/c1-12-6-3-4-7-13(12)21-26-16-10-11-17-20(18(16)22(31)29-21)30(2)23(27-17)28-19-14(24)8-5-9-15(19)25/h3-11H,1-2H3,(H,27,28)(H,26,29,31). The van der Waals surface area contributed by atoms with Crippen LogP contribution in [0.2, 0.25) is 10.0 Å². The fourth-order valence-corrected chi connectivity index (χ4v) is 4.23. The number of aromatic amines is 1. The molecule has 0 spiro atoms. The number of para-hydroxylation sites is 1. The zero-order chi connectivity index (χ0) is 21.7. The molecule has 2 aromatic heterocycles. The summed E-state index contributed by atoms with van der Waals surface area (Å²) >= 11 is 12.6. The Bertz CT molecular complexity index is 1520. The van der Waals surface area contributed by atoms with Crippen LogP contribution in [0.1, 0.15) is 5.56 Å². The normalized spacial score (nSPS) is 11.4. The minimum absolute atomic E-state index is 0.223. The quantitative estimate of drug-likeness (QED) is 0.362. The Morgan fingerprint density at radius 3 is 2.39 bits per heavy atom. The Labute approximate surface area is 187 Å². The van der Waals surface area contributed by atoms with Crippen molar-refractivity contribution >= 4 is 56.8 Å². The number of halogens is 2. The smallest absolute Gasteiger partial charge is 0.261 e. The van der Waals surface area contributed by atoms with E-state index in [1.54, 1.807) is 18.2 Å². The van der Waals surface area contributed by atoms with Crippen LogP contribution in [-0.4, -0.2) is 19.5 Å². The number of hydrogen-bond donors (Lipinski definition) is 2. The summed E-state index contributed by atoms with van der Waals surface area (Å²) in [7, 11) is 1.83. The molecule has 0 bridgehead atoms. The Hall–Kier alpha value is -3.35. The number of fused-ring (bicyclic) bond motifs is 3. The molecule has 0 aliphatic rings. The molecule has 0 fully saturated rings. The first-order valence-electron chi connectivity index (χ1n) is 9.60. The monoisotopic (exact) mass is 449 g/mol. The molecule has 0 radical (unpaired) electrons. The molecule has 154 valence electrons.